The van der Waals surface area contributed by atoms with E-state index in [1.54, 1.807) is 0 Å². The number of nitrogens with zero attached hydrogens (tertiary/aromatic N) is 4. The Kier molecular flexibility index (Phi) is 8.86. The third-order valence-electron chi connectivity index (χ3n) is 12.4. The van der Waals surface area contributed by atoms with Crippen LogP contribution in [0.2, 0.25) is 0 Å². The van der Waals surface area contributed by atoms with E-state index in [1.165, 1.54) is 44.3 Å². The second-order valence-corrected chi connectivity index (χ2v) is 16.1. The van der Waals surface area contributed by atoms with Gasteiger partial charge in [-0.05, 0) is 50.6 Å². The first-order chi connectivity index (χ1) is 31.2. The van der Waals surface area contributed by atoms with Gasteiger partial charge in [0.25, 0.3) is 0 Å². The average molecular weight is 803 g/mol. The van der Waals surface area contributed by atoms with Crippen molar-refractivity contribution in [2.45, 2.75) is 5.92 Å². The van der Waals surface area contributed by atoms with Gasteiger partial charge in [0.1, 0.15) is 0 Å². The van der Waals surface area contributed by atoms with Crippen molar-refractivity contribution in [2.24, 2.45) is 0 Å². The Bertz CT molecular complexity index is 3450. The maximum atomic E-state index is 5.51. The molecule has 0 radical (unpaired) electrons. The minimum atomic E-state index is 0.165. The van der Waals surface area contributed by atoms with Crippen LogP contribution >= 0.6 is 0 Å². The average Bonchev–Trinajstić information content (AvgIpc) is 3.71. The molecule has 4 heteroatoms. The second-order valence-electron chi connectivity index (χ2n) is 16.1. The Morgan fingerprint density at radius 2 is 0.746 bits per heavy atom. The highest BCUT2D eigenvalue weighted by Gasteiger charge is 2.29. The zero-order valence-corrected chi connectivity index (χ0v) is 34.2. The van der Waals surface area contributed by atoms with Crippen molar-refractivity contribution in [3.8, 4) is 78.8 Å². The van der Waals surface area contributed by atoms with Gasteiger partial charge >= 0.3 is 0 Å². The van der Waals surface area contributed by atoms with E-state index in [4.69, 9.17) is 19.9 Å². The zero-order chi connectivity index (χ0) is 41.7. The van der Waals surface area contributed by atoms with Crippen molar-refractivity contribution < 1.29 is 0 Å². The van der Waals surface area contributed by atoms with E-state index in [0.717, 1.165) is 55.4 Å². The van der Waals surface area contributed by atoms with Gasteiger partial charge in [-0.15, -0.1) is 0 Å². The smallest absolute Gasteiger partial charge is 0.164 e. The van der Waals surface area contributed by atoms with Gasteiger partial charge in [0.15, 0.2) is 17.5 Å². The number of hydrogen-bond donors (Lipinski definition) is 0. The zero-order valence-electron chi connectivity index (χ0n) is 34.2. The van der Waals surface area contributed by atoms with Crippen LogP contribution in [0.25, 0.3) is 100 Å². The van der Waals surface area contributed by atoms with E-state index < -0.39 is 0 Å². The van der Waals surface area contributed by atoms with E-state index in [-0.39, 0.29) is 5.92 Å². The van der Waals surface area contributed by atoms with Crippen molar-refractivity contribution in [2.75, 3.05) is 0 Å². The van der Waals surface area contributed by atoms with Gasteiger partial charge in [-0.2, -0.15) is 0 Å². The largest absolute Gasteiger partial charge is 0.246 e. The van der Waals surface area contributed by atoms with E-state index in [2.05, 4.69) is 206 Å². The molecule has 0 fully saturated rings. The number of benzene rings is 9. The molecule has 0 N–H and O–H groups in total. The Balaban J connectivity index is 0.994. The number of hydrogen-bond acceptors (Lipinski definition) is 4. The van der Waals surface area contributed by atoms with Gasteiger partial charge in [-0.1, -0.05) is 218 Å². The summed E-state index contributed by atoms with van der Waals surface area (Å²) in [5, 5.41) is 3.42. The molecular formula is C59H38N4. The topological polar surface area (TPSA) is 51.6 Å². The van der Waals surface area contributed by atoms with E-state index in [1.807, 2.05) is 18.2 Å². The van der Waals surface area contributed by atoms with Crippen LogP contribution in [0.1, 0.15) is 22.6 Å². The molecule has 0 aliphatic heterocycles. The first-order valence-electron chi connectivity index (χ1n) is 21.4. The van der Waals surface area contributed by atoms with Gasteiger partial charge in [0.05, 0.1) is 11.2 Å². The van der Waals surface area contributed by atoms with Crippen LogP contribution < -0.4 is 0 Å². The molecule has 1 aliphatic carbocycles. The number of aromatic nitrogens is 4. The summed E-state index contributed by atoms with van der Waals surface area (Å²) in [6.07, 6.45) is 0. The fourth-order valence-corrected chi connectivity index (χ4v) is 9.50. The molecule has 294 valence electrons. The first kappa shape index (κ1) is 36.5. The molecule has 0 bridgehead atoms. The highest BCUT2D eigenvalue weighted by Crippen LogP contribution is 2.48. The van der Waals surface area contributed by atoms with E-state index in [9.17, 15) is 0 Å². The lowest BCUT2D eigenvalue weighted by atomic mass is 9.89. The molecule has 9 aromatic carbocycles. The minimum Gasteiger partial charge on any atom is -0.246 e. The molecule has 0 saturated heterocycles. The second kappa shape index (κ2) is 15.3. The van der Waals surface area contributed by atoms with Gasteiger partial charge in [0.2, 0.25) is 0 Å². The highest BCUT2D eigenvalue weighted by molar-refractivity contribution is 6.19. The number of pyridine rings is 1. The van der Waals surface area contributed by atoms with Crippen molar-refractivity contribution in [1.29, 1.82) is 0 Å². The number of rotatable bonds is 7. The van der Waals surface area contributed by atoms with Gasteiger partial charge in [0, 0.05) is 49.9 Å². The van der Waals surface area contributed by atoms with Crippen LogP contribution in [0.3, 0.4) is 0 Å². The van der Waals surface area contributed by atoms with Crippen molar-refractivity contribution in [1.82, 2.24) is 19.9 Å². The molecule has 1 aliphatic rings. The van der Waals surface area contributed by atoms with Crippen LogP contribution in [-0.2, 0) is 0 Å². The molecule has 0 unspecified atom stereocenters. The SMILES string of the molecule is c1ccc(-c2nc(-c3ccc(C4c5ccccc5-c5ccccc54)cc3)nc(-c3cccc(-c4cccc5c4nc(-c4ccccc4)c4cccc(-c6ccccc6)c45)c3)n2)cc1. The van der Waals surface area contributed by atoms with Crippen LogP contribution in [0.15, 0.2) is 224 Å². The lowest BCUT2D eigenvalue weighted by molar-refractivity contribution is 1.01. The molecular weight excluding hydrogens is 765 g/mol. The van der Waals surface area contributed by atoms with Crippen molar-refractivity contribution in [3.05, 3.63) is 241 Å². The molecule has 2 heterocycles. The third kappa shape index (κ3) is 6.39. The molecule has 63 heavy (non-hydrogen) atoms. The summed E-state index contributed by atoms with van der Waals surface area (Å²) >= 11 is 0. The lowest BCUT2D eigenvalue weighted by Gasteiger charge is -2.16. The van der Waals surface area contributed by atoms with Gasteiger partial charge in [-0.25, -0.2) is 19.9 Å². The van der Waals surface area contributed by atoms with Crippen molar-refractivity contribution in [3.63, 3.8) is 0 Å². The predicted octanol–water partition coefficient (Wildman–Crippen LogP) is 14.7. The summed E-state index contributed by atoms with van der Waals surface area (Å²) in [7, 11) is 0. The summed E-state index contributed by atoms with van der Waals surface area (Å²) in [5.74, 6) is 2.03. The number of para-hydroxylation sites is 1. The maximum Gasteiger partial charge on any atom is 0.164 e. The van der Waals surface area contributed by atoms with Crippen LogP contribution in [0.5, 0.6) is 0 Å². The Hall–Kier alpha value is -8.34. The molecule has 0 spiro atoms. The van der Waals surface area contributed by atoms with Gasteiger partial charge in [-0.3, -0.25) is 0 Å². The van der Waals surface area contributed by atoms with E-state index >= 15 is 0 Å². The Labute approximate surface area is 365 Å². The molecule has 4 nitrogen and oxygen atoms in total. The summed E-state index contributed by atoms with van der Waals surface area (Å²) < 4.78 is 0. The molecule has 0 amide bonds. The Morgan fingerprint density at radius 1 is 0.286 bits per heavy atom. The summed E-state index contributed by atoms with van der Waals surface area (Å²) in [5.41, 5.74) is 16.7. The normalized spacial score (nSPS) is 12.1. The molecule has 11 aromatic rings. The van der Waals surface area contributed by atoms with Crippen LogP contribution in [0, 0.1) is 0 Å². The van der Waals surface area contributed by atoms with Crippen molar-refractivity contribution >= 4 is 21.7 Å². The molecule has 12 rings (SSSR count). The summed E-state index contributed by atoms with van der Waals surface area (Å²) in [6, 6.07) is 79.3. The lowest BCUT2D eigenvalue weighted by Crippen LogP contribution is -2.01. The third-order valence-corrected chi connectivity index (χ3v) is 12.4. The summed E-state index contributed by atoms with van der Waals surface area (Å²) in [4.78, 5) is 20.9. The molecule has 0 atom stereocenters. The minimum absolute atomic E-state index is 0.165. The monoisotopic (exact) mass is 802 g/mol. The molecule has 0 saturated carbocycles. The maximum absolute atomic E-state index is 5.51. The molecule has 2 aromatic heterocycles. The standard InChI is InChI=1S/C59H38N4/c1-4-17-38(18-5-1)45-29-15-31-51-54(45)52-32-16-30-46(56(52)60-55(51)40-19-6-2-7-20-40)43-23-14-24-44(37-43)59-62-57(41-21-8-3-9-22-41)61-58(63-59)42-35-33-39(34-36-42)53-49-27-12-10-25-47(49)48-26-11-13-28-50(48)53/h1-37,53H. The summed E-state index contributed by atoms with van der Waals surface area (Å²) in [6.45, 7) is 0. The quantitative estimate of drug-likeness (QED) is 0.151. The highest BCUT2D eigenvalue weighted by atomic mass is 15.0. The van der Waals surface area contributed by atoms with Crippen LogP contribution in [0.4, 0.5) is 0 Å². The number of fused-ring (bicyclic) bond motifs is 6. The van der Waals surface area contributed by atoms with Gasteiger partial charge < -0.3 is 0 Å². The van der Waals surface area contributed by atoms with E-state index in [0.29, 0.717) is 17.5 Å². The fourth-order valence-electron chi connectivity index (χ4n) is 9.50. The van der Waals surface area contributed by atoms with Crippen LogP contribution in [-0.4, -0.2) is 19.9 Å². The predicted molar refractivity (Wildman–Crippen MR) is 258 cm³/mol. The Morgan fingerprint density at radius 3 is 1.40 bits per heavy atom. The first-order valence-corrected chi connectivity index (χ1v) is 21.4. The fraction of sp³-hybridized carbons (Fsp3) is 0.0169.